The Kier molecular flexibility index (Phi) is 8.62. The summed E-state index contributed by atoms with van der Waals surface area (Å²) < 4.78 is 5.44. The topological polar surface area (TPSA) is 118 Å². The number of aromatic nitrogens is 1. The summed E-state index contributed by atoms with van der Waals surface area (Å²) in [5.41, 5.74) is 2.24. The number of thiazole rings is 1. The fraction of sp³-hybridized carbons (Fsp3) is 0.130. The van der Waals surface area contributed by atoms with E-state index in [0.29, 0.717) is 17.4 Å². The zero-order valence-electron chi connectivity index (χ0n) is 17.6. The van der Waals surface area contributed by atoms with Crippen LogP contribution in [0.1, 0.15) is 6.92 Å². The van der Waals surface area contributed by atoms with E-state index in [1.54, 1.807) is 24.3 Å². The predicted molar refractivity (Wildman–Crippen MR) is 130 cm³/mol. The lowest BCUT2D eigenvalue weighted by atomic mass is 10.2. The Morgan fingerprint density at radius 2 is 1.79 bits per heavy atom. The van der Waals surface area contributed by atoms with E-state index in [4.69, 9.17) is 9.84 Å². The highest BCUT2D eigenvalue weighted by atomic mass is 32.2. The molecule has 0 aliphatic carbocycles. The van der Waals surface area contributed by atoms with Gasteiger partial charge in [-0.05, 0) is 55.5 Å². The fourth-order valence-corrected chi connectivity index (χ4v) is 4.06. The van der Waals surface area contributed by atoms with Gasteiger partial charge in [-0.15, -0.1) is 23.1 Å². The van der Waals surface area contributed by atoms with Crippen LogP contribution in [0.3, 0.4) is 0 Å². The number of carbonyl (C=O) groups excluding carboxylic acids is 2. The maximum Gasteiger partial charge on any atom is 0.328 e. The van der Waals surface area contributed by atoms with Gasteiger partial charge in [0.15, 0.2) is 5.13 Å². The van der Waals surface area contributed by atoms with Gasteiger partial charge in [-0.3, -0.25) is 9.59 Å². The van der Waals surface area contributed by atoms with Crippen LogP contribution in [0.25, 0.3) is 11.3 Å². The van der Waals surface area contributed by atoms with Gasteiger partial charge in [0.05, 0.1) is 18.1 Å². The molecular formula is C23H21N3O5S2. The van der Waals surface area contributed by atoms with Crippen molar-refractivity contribution in [2.45, 2.75) is 11.8 Å². The number of aliphatic carboxylic acids is 1. The molecule has 0 aliphatic heterocycles. The molecule has 1 heterocycles. The summed E-state index contributed by atoms with van der Waals surface area (Å²) in [5.74, 6) is -0.910. The quantitative estimate of drug-likeness (QED) is 0.287. The molecule has 1 aromatic heterocycles. The molecule has 0 bridgehead atoms. The lowest BCUT2D eigenvalue weighted by Gasteiger charge is -2.05. The van der Waals surface area contributed by atoms with Crippen LogP contribution in [0.4, 0.5) is 10.8 Å². The third-order valence-electron chi connectivity index (χ3n) is 4.08. The third kappa shape index (κ3) is 7.78. The molecule has 0 fully saturated rings. The van der Waals surface area contributed by atoms with Crippen molar-refractivity contribution in [3.05, 3.63) is 66.1 Å². The third-order valence-corrected chi connectivity index (χ3v) is 5.85. The number of hydrogen-bond acceptors (Lipinski definition) is 7. The molecule has 170 valence electrons. The Balaban J connectivity index is 1.47. The van der Waals surface area contributed by atoms with Crippen molar-refractivity contribution in [1.29, 1.82) is 0 Å². The van der Waals surface area contributed by atoms with Crippen molar-refractivity contribution in [2.24, 2.45) is 0 Å². The monoisotopic (exact) mass is 483 g/mol. The van der Waals surface area contributed by atoms with Gasteiger partial charge in [0.1, 0.15) is 5.75 Å². The van der Waals surface area contributed by atoms with Crippen molar-refractivity contribution in [2.75, 3.05) is 23.0 Å². The summed E-state index contributed by atoms with van der Waals surface area (Å²) in [7, 11) is 0. The summed E-state index contributed by atoms with van der Waals surface area (Å²) in [4.78, 5) is 39.6. The van der Waals surface area contributed by atoms with Crippen LogP contribution >= 0.6 is 23.1 Å². The van der Waals surface area contributed by atoms with Crippen LogP contribution in [-0.4, -0.2) is 40.2 Å². The minimum Gasteiger partial charge on any atom is -0.494 e. The summed E-state index contributed by atoms with van der Waals surface area (Å²) >= 11 is 2.70. The van der Waals surface area contributed by atoms with E-state index in [0.717, 1.165) is 34.1 Å². The first-order valence-corrected chi connectivity index (χ1v) is 11.7. The van der Waals surface area contributed by atoms with Crippen LogP contribution in [0.15, 0.2) is 71.0 Å². The average molecular weight is 484 g/mol. The van der Waals surface area contributed by atoms with E-state index in [1.165, 1.54) is 23.1 Å². The number of benzene rings is 2. The maximum atomic E-state index is 12.3. The van der Waals surface area contributed by atoms with Crippen molar-refractivity contribution >= 4 is 51.7 Å². The molecule has 3 N–H and O–H groups in total. The highest BCUT2D eigenvalue weighted by molar-refractivity contribution is 8.00. The number of carboxylic acid groups (broad SMARTS) is 1. The maximum absolute atomic E-state index is 12.3. The van der Waals surface area contributed by atoms with Gasteiger partial charge in [0, 0.05) is 33.7 Å². The molecule has 0 saturated carbocycles. The number of thioether (sulfide) groups is 1. The number of hydrogen-bond donors (Lipinski definition) is 3. The molecule has 8 nitrogen and oxygen atoms in total. The molecule has 2 amide bonds. The second kappa shape index (κ2) is 11.8. The summed E-state index contributed by atoms with van der Waals surface area (Å²) in [6.07, 6.45) is 1.71. The number of nitrogens with zero attached hydrogens (tertiary/aromatic N) is 1. The molecule has 33 heavy (non-hydrogen) atoms. The van der Waals surface area contributed by atoms with E-state index in [1.807, 2.05) is 36.6 Å². The second-order valence-electron chi connectivity index (χ2n) is 6.52. The van der Waals surface area contributed by atoms with Crippen molar-refractivity contribution in [1.82, 2.24) is 4.98 Å². The Hall–Kier alpha value is -3.63. The van der Waals surface area contributed by atoms with Gasteiger partial charge in [-0.25, -0.2) is 9.78 Å². The largest absolute Gasteiger partial charge is 0.494 e. The normalized spacial score (nSPS) is 10.7. The summed E-state index contributed by atoms with van der Waals surface area (Å²) in [6, 6.07) is 14.5. The standard InChI is InChI=1S/C23H21N3O5S2/c1-2-31-17-7-3-15(4-8-17)19-13-33-23(25-19)26-21(28)14-32-18-9-5-16(6-10-18)24-20(27)11-12-22(29)30/h3-13H,2,14H2,1H3,(H,24,27)(H,29,30)(H,25,26,28)/b12-11+. The zero-order chi connectivity index (χ0) is 23.6. The van der Waals surface area contributed by atoms with E-state index in [-0.39, 0.29) is 11.7 Å². The molecular weight excluding hydrogens is 462 g/mol. The number of carbonyl (C=O) groups is 3. The van der Waals surface area contributed by atoms with Crippen molar-refractivity contribution in [3.8, 4) is 17.0 Å². The number of carboxylic acids is 1. The number of ether oxygens (including phenoxy) is 1. The van der Waals surface area contributed by atoms with Gasteiger partial charge in [0.25, 0.3) is 0 Å². The lowest BCUT2D eigenvalue weighted by Crippen LogP contribution is -2.13. The summed E-state index contributed by atoms with van der Waals surface area (Å²) in [5, 5.41) is 16.3. The first-order valence-electron chi connectivity index (χ1n) is 9.86. The zero-order valence-corrected chi connectivity index (χ0v) is 19.2. The number of anilines is 2. The number of amides is 2. The minimum atomic E-state index is -1.19. The Bertz CT molecular complexity index is 1140. The molecule has 0 atom stereocenters. The second-order valence-corrected chi connectivity index (χ2v) is 8.42. The SMILES string of the molecule is CCOc1ccc(-c2csc(NC(=O)CSc3ccc(NC(=O)/C=C/C(=O)O)cc3)n2)cc1. The first-order chi connectivity index (χ1) is 15.9. The molecule has 0 radical (unpaired) electrons. The Morgan fingerprint density at radius 3 is 2.45 bits per heavy atom. The molecule has 3 rings (SSSR count). The molecule has 0 unspecified atom stereocenters. The van der Waals surface area contributed by atoms with E-state index < -0.39 is 11.9 Å². The van der Waals surface area contributed by atoms with Gasteiger partial charge in [-0.1, -0.05) is 0 Å². The molecule has 3 aromatic rings. The first kappa shape index (κ1) is 24.0. The van der Waals surface area contributed by atoms with E-state index in [9.17, 15) is 14.4 Å². The fourth-order valence-electron chi connectivity index (χ4n) is 2.62. The molecule has 0 spiro atoms. The van der Waals surface area contributed by atoms with Crippen molar-refractivity contribution in [3.63, 3.8) is 0 Å². The highest BCUT2D eigenvalue weighted by Crippen LogP contribution is 2.27. The van der Waals surface area contributed by atoms with Gasteiger partial charge in [-0.2, -0.15) is 0 Å². The van der Waals surface area contributed by atoms with E-state index >= 15 is 0 Å². The summed E-state index contributed by atoms with van der Waals surface area (Å²) in [6.45, 7) is 2.54. The van der Waals surface area contributed by atoms with Gasteiger partial charge >= 0.3 is 5.97 Å². The molecule has 0 saturated heterocycles. The predicted octanol–water partition coefficient (Wildman–Crippen LogP) is 4.52. The molecule has 2 aromatic carbocycles. The van der Waals surface area contributed by atoms with Crippen LogP contribution in [-0.2, 0) is 14.4 Å². The van der Waals surface area contributed by atoms with Gasteiger partial charge < -0.3 is 20.5 Å². The smallest absolute Gasteiger partial charge is 0.328 e. The van der Waals surface area contributed by atoms with E-state index in [2.05, 4.69) is 15.6 Å². The number of nitrogens with one attached hydrogen (secondary N) is 2. The average Bonchev–Trinajstić information content (AvgIpc) is 3.26. The van der Waals surface area contributed by atoms with Gasteiger partial charge in [0.2, 0.25) is 11.8 Å². The van der Waals surface area contributed by atoms with Crippen LogP contribution in [0.5, 0.6) is 5.75 Å². The van der Waals surface area contributed by atoms with Crippen LogP contribution < -0.4 is 15.4 Å². The highest BCUT2D eigenvalue weighted by Gasteiger charge is 2.09. The number of rotatable bonds is 10. The minimum absolute atomic E-state index is 0.177. The lowest BCUT2D eigenvalue weighted by molar-refractivity contribution is -0.131. The molecule has 0 aliphatic rings. The Labute approximate surface area is 198 Å². The molecule has 10 heteroatoms. The van der Waals surface area contributed by atoms with Crippen LogP contribution in [0.2, 0.25) is 0 Å². The van der Waals surface area contributed by atoms with Crippen LogP contribution in [0, 0.1) is 0 Å². The van der Waals surface area contributed by atoms with Crippen molar-refractivity contribution < 1.29 is 24.2 Å². The Morgan fingerprint density at radius 1 is 1.06 bits per heavy atom.